The van der Waals surface area contributed by atoms with Gasteiger partial charge < -0.3 is 10.4 Å². The van der Waals surface area contributed by atoms with Crippen LogP contribution in [0.3, 0.4) is 0 Å². The van der Waals surface area contributed by atoms with E-state index in [-0.39, 0.29) is 6.04 Å². The molecular weight excluding hydrogens is 298 g/mol. The first-order valence-corrected chi connectivity index (χ1v) is 11.3. The highest BCUT2D eigenvalue weighted by Crippen LogP contribution is 2.36. The minimum absolute atomic E-state index is 0.210. The highest BCUT2D eigenvalue weighted by Gasteiger charge is 2.47. The molecule has 3 heteroatoms. The molecule has 0 aliphatic heterocycles. The van der Waals surface area contributed by atoms with Crippen LogP contribution in [0, 0.1) is 0 Å². The van der Waals surface area contributed by atoms with Crippen molar-refractivity contribution in [3.63, 3.8) is 0 Å². The lowest BCUT2D eigenvalue weighted by atomic mass is 10.0. The zero-order valence-corrected chi connectivity index (χ0v) is 15.1. The second-order valence-corrected chi connectivity index (χ2v) is 11.3. The molecule has 1 aliphatic carbocycles. The first kappa shape index (κ1) is 16.4. The molecule has 1 saturated carbocycles. The molecule has 3 rings (SSSR count). The first-order chi connectivity index (χ1) is 11.1. The van der Waals surface area contributed by atoms with Gasteiger partial charge in [0, 0.05) is 6.04 Å². The van der Waals surface area contributed by atoms with E-state index in [1.807, 2.05) is 7.05 Å². The van der Waals surface area contributed by atoms with E-state index < -0.39 is 13.7 Å². The lowest BCUT2D eigenvalue weighted by Crippen LogP contribution is -2.62. The number of benzene rings is 2. The standard InChI is InChI=1S/C20H27NOSi/c1-21-19-14-9-15-20(19,22)16-23(2,17-10-5-3-6-11-17)18-12-7-4-8-13-18/h3-8,10-13,19,21-22H,9,14-16H2,1-2H3/t19-,20+/m0/s1. The number of likely N-dealkylation sites (N-methyl/N-ethyl adjacent to an activating group) is 1. The molecule has 0 spiro atoms. The summed E-state index contributed by atoms with van der Waals surface area (Å²) in [6.45, 7) is 2.40. The lowest BCUT2D eigenvalue weighted by molar-refractivity contribution is 0.0410. The summed E-state index contributed by atoms with van der Waals surface area (Å²) in [4.78, 5) is 0. The highest BCUT2D eigenvalue weighted by atomic mass is 28.3. The van der Waals surface area contributed by atoms with E-state index in [0.29, 0.717) is 0 Å². The maximum atomic E-state index is 11.4. The molecule has 2 aromatic carbocycles. The molecule has 2 atom stereocenters. The highest BCUT2D eigenvalue weighted by molar-refractivity contribution is 7.01. The molecule has 0 unspecified atom stereocenters. The number of nitrogens with one attached hydrogen (secondary N) is 1. The normalized spacial score (nSPS) is 24.7. The molecule has 0 saturated heterocycles. The Hall–Kier alpha value is -1.42. The molecule has 2 aromatic rings. The van der Waals surface area contributed by atoms with Crippen LogP contribution in [0.5, 0.6) is 0 Å². The van der Waals surface area contributed by atoms with Gasteiger partial charge in [-0.25, -0.2) is 0 Å². The molecular formula is C20H27NOSi. The van der Waals surface area contributed by atoms with Gasteiger partial charge in [0.1, 0.15) is 8.07 Å². The Morgan fingerprint density at radius 2 is 1.57 bits per heavy atom. The summed E-state index contributed by atoms with van der Waals surface area (Å²) in [5.74, 6) is 0. The number of hydrogen-bond acceptors (Lipinski definition) is 2. The van der Waals surface area contributed by atoms with E-state index in [1.54, 1.807) is 0 Å². The fourth-order valence-electron chi connectivity index (χ4n) is 4.27. The predicted molar refractivity (Wildman–Crippen MR) is 100 cm³/mol. The topological polar surface area (TPSA) is 32.3 Å². The van der Waals surface area contributed by atoms with Crippen molar-refractivity contribution in [3.8, 4) is 0 Å². The predicted octanol–water partition coefficient (Wildman–Crippen LogP) is 2.38. The van der Waals surface area contributed by atoms with Gasteiger partial charge in [-0.2, -0.15) is 0 Å². The summed E-state index contributed by atoms with van der Waals surface area (Å²) < 4.78 is 0. The van der Waals surface area contributed by atoms with Crippen LogP contribution < -0.4 is 15.7 Å². The number of aliphatic hydroxyl groups is 1. The van der Waals surface area contributed by atoms with Gasteiger partial charge in [0.05, 0.1) is 5.60 Å². The van der Waals surface area contributed by atoms with Crippen LogP contribution >= 0.6 is 0 Å². The van der Waals surface area contributed by atoms with Crippen LogP contribution in [-0.4, -0.2) is 31.9 Å². The fraction of sp³-hybridized carbons (Fsp3) is 0.400. The van der Waals surface area contributed by atoms with E-state index in [1.165, 1.54) is 10.4 Å². The maximum Gasteiger partial charge on any atom is 0.118 e. The molecule has 0 amide bonds. The maximum absolute atomic E-state index is 11.4. The largest absolute Gasteiger partial charge is 0.389 e. The van der Waals surface area contributed by atoms with Crippen molar-refractivity contribution < 1.29 is 5.11 Å². The average Bonchev–Trinajstić information content (AvgIpc) is 2.96. The summed E-state index contributed by atoms with van der Waals surface area (Å²) in [5, 5.41) is 17.5. The van der Waals surface area contributed by atoms with E-state index >= 15 is 0 Å². The molecule has 0 bridgehead atoms. The Labute approximate surface area is 140 Å². The Kier molecular flexibility index (Phi) is 4.71. The van der Waals surface area contributed by atoms with Crippen molar-refractivity contribution in [2.24, 2.45) is 0 Å². The summed E-state index contributed by atoms with van der Waals surface area (Å²) in [7, 11) is -0.00999. The van der Waals surface area contributed by atoms with Crippen molar-refractivity contribution in [3.05, 3.63) is 60.7 Å². The van der Waals surface area contributed by atoms with E-state index in [2.05, 4.69) is 72.5 Å². The second kappa shape index (κ2) is 6.60. The van der Waals surface area contributed by atoms with Gasteiger partial charge in [-0.05, 0) is 32.4 Å². The lowest BCUT2D eigenvalue weighted by Gasteiger charge is -2.39. The van der Waals surface area contributed by atoms with Gasteiger partial charge in [-0.3, -0.25) is 0 Å². The van der Waals surface area contributed by atoms with E-state index in [4.69, 9.17) is 0 Å². The smallest absolute Gasteiger partial charge is 0.118 e. The average molecular weight is 326 g/mol. The quantitative estimate of drug-likeness (QED) is 0.827. The summed E-state index contributed by atoms with van der Waals surface area (Å²) in [6, 6.07) is 22.7. The van der Waals surface area contributed by atoms with E-state index in [0.717, 1.165) is 25.3 Å². The van der Waals surface area contributed by atoms with Crippen LogP contribution in [0.15, 0.2) is 60.7 Å². The second-order valence-electron chi connectivity index (χ2n) is 7.08. The van der Waals surface area contributed by atoms with Crippen LogP contribution in [-0.2, 0) is 0 Å². The molecule has 1 fully saturated rings. The molecule has 2 nitrogen and oxygen atoms in total. The molecule has 0 heterocycles. The molecule has 1 aliphatic rings. The fourth-order valence-corrected chi connectivity index (χ4v) is 8.52. The van der Waals surface area contributed by atoms with Crippen molar-refractivity contribution in [2.75, 3.05) is 7.05 Å². The van der Waals surface area contributed by atoms with Gasteiger partial charge in [0.15, 0.2) is 0 Å². The van der Waals surface area contributed by atoms with Gasteiger partial charge in [0.2, 0.25) is 0 Å². The summed E-state index contributed by atoms with van der Waals surface area (Å²) in [5.41, 5.74) is -0.596. The van der Waals surface area contributed by atoms with Crippen LogP contribution in [0.2, 0.25) is 12.6 Å². The van der Waals surface area contributed by atoms with E-state index in [9.17, 15) is 5.11 Å². The Morgan fingerprint density at radius 1 is 1.04 bits per heavy atom. The number of hydrogen-bond donors (Lipinski definition) is 2. The van der Waals surface area contributed by atoms with Crippen LogP contribution in [0.4, 0.5) is 0 Å². The number of rotatable bonds is 5. The van der Waals surface area contributed by atoms with Crippen molar-refractivity contribution in [1.29, 1.82) is 0 Å². The van der Waals surface area contributed by atoms with Gasteiger partial charge in [-0.1, -0.05) is 77.6 Å². The summed E-state index contributed by atoms with van der Waals surface area (Å²) in [6.07, 6.45) is 3.08. The molecule has 2 N–H and O–H groups in total. The third-order valence-electron chi connectivity index (χ3n) is 5.58. The van der Waals surface area contributed by atoms with Gasteiger partial charge >= 0.3 is 0 Å². The molecule has 23 heavy (non-hydrogen) atoms. The molecule has 122 valence electrons. The monoisotopic (exact) mass is 325 g/mol. The van der Waals surface area contributed by atoms with Crippen molar-refractivity contribution in [2.45, 2.75) is 43.5 Å². The van der Waals surface area contributed by atoms with Crippen LogP contribution in [0.25, 0.3) is 0 Å². The minimum Gasteiger partial charge on any atom is -0.389 e. The Balaban J connectivity index is 2.03. The molecule has 0 radical (unpaired) electrons. The zero-order chi connectivity index (χ0) is 16.3. The van der Waals surface area contributed by atoms with Gasteiger partial charge in [0.25, 0.3) is 0 Å². The molecule has 0 aromatic heterocycles. The van der Waals surface area contributed by atoms with Gasteiger partial charge in [-0.15, -0.1) is 0 Å². The Bertz CT molecular complexity index is 591. The SMILES string of the molecule is CN[C@H]1CCC[C@@]1(O)C[Si](C)(c1ccccc1)c1ccccc1. The van der Waals surface area contributed by atoms with Crippen LogP contribution in [0.1, 0.15) is 19.3 Å². The third-order valence-corrected chi connectivity index (χ3v) is 10.1. The third kappa shape index (κ3) is 3.14. The first-order valence-electron chi connectivity index (χ1n) is 8.59. The Morgan fingerprint density at radius 3 is 2.04 bits per heavy atom. The van der Waals surface area contributed by atoms with Crippen molar-refractivity contribution in [1.82, 2.24) is 5.32 Å². The zero-order valence-electron chi connectivity index (χ0n) is 14.1. The minimum atomic E-state index is -1.99. The summed E-state index contributed by atoms with van der Waals surface area (Å²) >= 11 is 0. The van der Waals surface area contributed by atoms with Crippen molar-refractivity contribution >= 4 is 18.4 Å².